The lowest BCUT2D eigenvalue weighted by atomic mass is 9.79. The zero-order valence-electron chi connectivity index (χ0n) is 11.0. The second kappa shape index (κ2) is 5.57. The topological polar surface area (TPSA) is 50.4 Å². The summed E-state index contributed by atoms with van der Waals surface area (Å²) in [6.45, 7) is 3.15. The maximum Gasteiger partial charge on any atom is 0.222 e. The number of carbonyl (C=O) groups excluding carboxylic acids is 1. The summed E-state index contributed by atoms with van der Waals surface area (Å²) in [6, 6.07) is 0.403. The molecule has 2 N–H and O–H groups in total. The molecule has 4 atom stereocenters. The fraction of sp³-hybridized carbons (Fsp3) is 0.929. The summed E-state index contributed by atoms with van der Waals surface area (Å²) in [5.41, 5.74) is 0. The van der Waals surface area contributed by atoms with Crippen LogP contribution in [0.4, 0.5) is 0 Å². The van der Waals surface area contributed by atoms with Gasteiger partial charge < -0.3 is 15.4 Å². The molecule has 4 nitrogen and oxygen atoms in total. The van der Waals surface area contributed by atoms with Gasteiger partial charge in [-0.15, -0.1) is 0 Å². The van der Waals surface area contributed by atoms with Crippen LogP contribution in [0.3, 0.4) is 0 Å². The van der Waals surface area contributed by atoms with Crippen molar-refractivity contribution in [3.63, 3.8) is 0 Å². The lowest BCUT2D eigenvalue weighted by Gasteiger charge is -2.31. The molecule has 3 fully saturated rings. The Kier molecular flexibility index (Phi) is 3.85. The van der Waals surface area contributed by atoms with Crippen molar-refractivity contribution >= 4 is 5.91 Å². The first-order chi connectivity index (χ1) is 8.81. The summed E-state index contributed by atoms with van der Waals surface area (Å²) in [5.74, 6) is 1.83. The predicted molar refractivity (Wildman–Crippen MR) is 69.2 cm³/mol. The molecule has 1 aliphatic carbocycles. The van der Waals surface area contributed by atoms with E-state index in [9.17, 15) is 4.79 Å². The maximum atomic E-state index is 12.0. The van der Waals surface area contributed by atoms with E-state index in [1.54, 1.807) is 0 Å². The van der Waals surface area contributed by atoms with Crippen LogP contribution in [0.25, 0.3) is 0 Å². The van der Waals surface area contributed by atoms with Gasteiger partial charge in [-0.3, -0.25) is 4.79 Å². The SMILES string of the molecule is O=C(CC1CCCO1)NC1CC[C@H]2CNC[C@H]2C1. The smallest absolute Gasteiger partial charge is 0.222 e. The molecule has 2 unspecified atom stereocenters. The van der Waals surface area contributed by atoms with E-state index in [0.29, 0.717) is 12.5 Å². The van der Waals surface area contributed by atoms with E-state index in [2.05, 4.69) is 10.6 Å². The van der Waals surface area contributed by atoms with Crippen LogP contribution in [-0.4, -0.2) is 37.7 Å². The normalized spacial score (nSPS) is 39.6. The highest BCUT2D eigenvalue weighted by Gasteiger charge is 2.34. The van der Waals surface area contributed by atoms with E-state index in [4.69, 9.17) is 4.74 Å². The number of ether oxygens (including phenoxy) is 1. The van der Waals surface area contributed by atoms with E-state index < -0.39 is 0 Å². The molecular weight excluding hydrogens is 228 g/mol. The fourth-order valence-corrected chi connectivity index (χ4v) is 3.73. The van der Waals surface area contributed by atoms with E-state index in [0.717, 1.165) is 50.7 Å². The van der Waals surface area contributed by atoms with Crippen molar-refractivity contribution in [2.45, 2.75) is 50.7 Å². The predicted octanol–water partition coefficient (Wildman–Crippen LogP) is 1.06. The molecule has 4 heteroatoms. The second-order valence-electron chi connectivity index (χ2n) is 6.10. The number of rotatable bonds is 3. The van der Waals surface area contributed by atoms with Crippen LogP contribution in [0.1, 0.15) is 38.5 Å². The number of hydrogen-bond acceptors (Lipinski definition) is 3. The minimum absolute atomic E-state index is 0.175. The first kappa shape index (κ1) is 12.4. The molecular formula is C14H24N2O2. The van der Waals surface area contributed by atoms with Gasteiger partial charge >= 0.3 is 0 Å². The molecule has 1 saturated carbocycles. The molecule has 0 radical (unpaired) electrons. The summed E-state index contributed by atoms with van der Waals surface area (Å²) in [6.07, 6.45) is 6.47. The van der Waals surface area contributed by atoms with E-state index in [-0.39, 0.29) is 12.0 Å². The summed E-state index contributed by atoms with van der Waals surface area (Å²) in [4.78, 5) is 12.0. The third kappa shape index (κ3) is 2.86. The van der Waals surface area contributed by atoms with Crippen LogP contribution in [0.15, 0.2) is 0 Å². The summed E-state index contributed by atoms with van der Waals surface area (Å²) in [5, 5.41) is 6.68. The Morgan fingerprint density at radius 1 is 1.22 bits per heavy atom. The number of fused-ring (bicyclic) bond motifs is 1. The van der Waals surface area contributed by atoms with Crippen molar-refractivity contribution in [3.8, 4) is 0 Å². The third-order valence-electron chi connectivity index (χ3n) is 4.76. The minimum Gasteiger partial charge on any atom is -0.378 e. The molecule has 3 rings (SSSR count). The lowest BCUT2D eigenvalue weighted by molar-refractivity contribution is -0.124. The van der Waals surface area contributed by atoms with Crippen LogP contribution < -0.4 is 10.6 Å². The summed E-state index contributed by atoms with van der Waals surface area (Å²) >= 11 is 0. The van der Waals surface area contributed by atoms with Crippen molar-refractivity contribution < 1.29 is 9.53 Å². The fourth-order valence-electron chi connectivity index (χ4n) is 3.73. The molecule has 2 saturated heterocycles. The van der Waals surface area contributed by atoms with Crippen molar-refractivity contribution in [2.75, 3.05) is 19.7 Å². The lowest BCUT2D eigenvalue weighted by Crippen LogP contribution is -2.41. The molecule has 3 aliphatic rings. The molecule has 0 aromatic heterocycles. The Morgan fingerprint density at radius 2 is 2.11 bits per heavy atom. The molecule has 102 valence electrons. The number of nitrogens with one attached hydrogen (secondary N) is 2. The highest BCUT2D eigenvalue weighted by atomic mass is 16.5. The van der Waals surface area contributed by atoms with Gasteiger partial charge in [-0.2, -0.15) is 0 Å². The summed E-state index contributed by atoms with van der Waals surface area (Å²) in [7, 11) is 0. The van der Waals surface area contributed by atoms with Crippen LogP contribution in [-0.2, 0) is 9.53 Å². The van der Waals surface area contributed by atoms with Gasteiger partial charge in [0.05, 0.1) is 12.5 Å². The van der Waals surface area contributed by atoms with Gasteiger partial charge in [0.2, 0.25) is 5.91 Å². The average Bonchev–Trinajstić information content (AvgIpc) is 2.98. The Morgan fingerprint density at radius 3 is 2.94 bits per heavy atom. The van der Waals surface area contributed by atoms with Gasteiger partial charge in [0.15, 0.2) is 0 Å². The first-order valence-corrected chi connectivity index (χ1v) is 7.43. The van der Waals surface area contributed by atoms with Gasteiger partial charge in [0.25, 0.3) is 0 Å². The van der Waals surface area contributed by atoms with Gasteiger partial charge in [-0.25, -0.2) is 0 Å². The molecule has 0 aromatic rings. The molecule has 0 spiro atoms. The van der Waals surface area contributed by atoms with Gasteiger partial charge in [0, 0.05) is 12.6 Å². The summed E-state index contributed by atoms with van der Waals surface area (Å²) < 4.78 is 5.51. The number of carbonyl (C=O) groups is 1. The van der Waals surface area contributed by atoms with Gasteiger partial charge in [-0.05, 0) is 57.0 Å². The Labute approximate surface area is 109 Å². The van der Waals surface area contributed by atoms with E-state index in [1.807, 2.05) is 0 Å². The van der Waals surface area contributed by atoms with Gasteiger partial charge in [0.1, 0.15) is 0 Å². The molecule has 18 heavy (non-hydrogen) atoms. The molecule has 2 heterocycles. The van der Waals surface area contributed by atoms with Crippen LogP contribution in [0.2, 0.25) is 0 Å². The van der Waals surface area contributed by atoms with Crippen molar-refractivity contribution in [1.82, 2.24) is 10.6 Å². The quantitative estimate of drug-likeness (QED) is 0.789. The van der Waals surface area contributed by atoms with E-state index >= 15 is 0 Å². The average molecular weight is 252 g/mol. The standard InChI is InChI=1S/C14H24N2O2/c17-14(7-13-2-1-5-18-13)16-12-4-3-10-8-15-9-11(10)6-12/h10-13,15H,1-9H2,(H,16,17)/t10-,11+,12?,13?/m0/s1. The Bertz CT molecular complexity index is 302. The zero-order chi connectivity index (χ0) is 12.4. The van der Waals surface area contributed by atoms with E-state index in [1.165, 1.54) is 13.0 Å². The monoisotopic (exact) mass is 252 g/mol. The largest absolute Gasteiger partial charge is 0.378 e. The third-order valence-corrected chi connectivity index (χ3v) is 4.76. The van der Waals surface area contributed by atoms with Crippen molar-refractivity contribution in [3.05, 3.63) is 0 Å². The molecule has 0 bridgehead atoms. The van der Waals surface area contributed by atoms with Gasteiger partial charge in [-0.1, -0.05) is 0 Å². The molecule has 0 aromatic carbocycles. The van der Waals surface area contributed by atoms with Crippen LogP contribution in [0, 0.1) is 11.8 Å². The number of hydrogen-bond donors (Lipinski definition) is 2. The highest BCUT2D eigenvalue weighted by molar-refractivity contribution is 5.76. The Balaban J connectivity index is 1.43. The second-order valence-corrected chi connectivity index (χ2v) is 6.10. The number of amides is 1. The van der Waals surface area contributed by atoms with Crippen LogP contribution in [0.5, 0.6) is 0 Å². The zero-order valence-corrected chi connectivity index (χ0v) is 11.0. The highest BCUT2D eigenvalue weighted by Crippen LogP contribution is 2.32. The molecule has 2 aliphatic heterocycles. The maximum absolute atomic E-state index is 12.0. The van der Waals surface area contributed by atoms with Crippen molar-refractivity contribution in [1.29, 1.82) is 0 Å². The van der Waals surface area contributed by atoms with Crippen LogP contribution >= 0.6 is 0 Å². The molecule has 1 amide bonds. The first-order valence-electron chi connectivity index (χ1n) is 7.43. The van der Waals surface area contributed by atoms with Crippen molar-refractivity contribution in [2.24, 2.45) is 11.8 Å². The Hall–Kier alpha value is -0.610. The minimum atomic E-state index is 0.175.